The molecule has 1 aliphatic heterocycles. The summed E-state index contributed by atoms with van der Waals surface area (Å²) in [6, 6.07) is 9.76. The molecule has 0 atom stereocenters. The minimum Gasteiger partial charge on any atom is -0.351 e. The predicted molar refractivity (Wildman–Crippen MR) is 85.7 cm³/mol. The van der Waals surface area contributed by atoms with E-state index in [1.165, 1.54) is 0 Å². The van der Waals surface area contributed by atoms with E-state index in [1.807, 2.05) is 47.1 Å². The molecule has 1 aromatic carbocycles. The highest BCUT2D eigenvalue weighted by molar-refractivity contribution is 5.98. The van der Waals surface area contributed by atoms with Gasteiger partial charge in [-0.3, -0.25) is 9.59 Å². The van der Waals surface area contributed by atoms with Crippen molar-refractivity contribution in [1.82, 2.24) is 14.8 Å². The van der Waals surface area contributed by atoms with Gasteiger partial charge in [0.2, 0.25) is 5.91 Å². The van der Waals surface area contributed by atoms with Crippen LogP contribution in [0.15, 0.2) is 30.3 Å². The number of carbonyl (C=O) groups is 2. The number of nitrogens with zero attached hydrogens (tertiary/aromatic N) is 2. The summed E-state index contributed by atoms with van der Waals surface area (Å²) < 4.78 is 0. The van der Waals surface area contributed by atoms with Gasteiger partial charge in [-0.25, -0.2) is 0 Å². The third-order valence-electron chi connectivity index (χ3n) is 4.14. The van der Waals surface area contributed by atoms with Crippen molar-refractivity contribution in [3.63, 3.8) is 0 Å². The lowest BCUT2D eigenvalue weighted by atomic mass is 10.2. The smallest absolute Gasteiger partial charge is 0.270 e. The minimum absolute atomic E-state index is 0.0128. The largest absolute Gasteiger partial charge is 0.351 e. The Morgan fingerprint density at radius 2 is 1.77 bits per heavy atom. The van der Waals surface area contributed by atoms with Crippen LogP contribution >= 0.6 is 0 Å². The van der Waals surface area contributed by atoms with Gasteiger partial charge in [0.25, 0.3) is 5.91 Å². The Morgan fingerprint density at radius 3 is 2.45 bits per heavy atom. The maximum atomic E-state index is 12.6. The molecule has 22 heavy (non-hydrogen) atoms. The number of fused-ring (bicyclic) bond motifs is 1. The van der Waals surface area contributed by atoms with Gasteiger partial charge in [0, 0.05) is 43.5 Å². The van der Waals surface area contributed by atoms with Crippen molar-refractivity contribution in [3.05, 3.63) is 36.0 Å². The number of aromatic amines is 1. The van der Waals surface area contributed by atoms with Crippen LogP contribution < -0.4 is 0 Å². The summed E-state index contributed by atoms with van der Waals surface area (Å²) in [4.78, 5) is 31.3. The van der Waals surface area contributed by atoms with Gasteiger partial charge in [-0.1, -0.05) is 25.1 Å². The molecule has 2 amide bonds. The summed E-state index contributed by atoms with van der Waals surface area (Å²) in [5.41, 5.74) is 1.59. The normalized spacial score (nSPS) is 15.3. The number of hydrogen-bond donors (Lipinski definition) is 1. The lowest BCUT2D eigenvalue weighted by Crippen LogP contribution is -2.50. The van der Waals surface area contributed by atoms with Crippen molar-refractivity contribution in [2.45, 2.75) is 19.8 Å². The van der Waals surface area contributed by atoms with Crippen LogP contribution in [0.1, 0.15) is 30.3 Å². The molecule has 0 saturated carbocycles. The van der Waals surface area contributed by atoms with Gasteiger partial charge in [-0.2, -0.15) is 0 Å². The van der Waals surface area contributed by atoms with Crippen molar-refractivity contribution in [2.24, 2.45) is 0 Å². The van der Waals surface area contributed by atoms with Crippen molar-refractivity contribution < 1.29 is 9.59 Å². The molecule has 116 valence electrons. The second-order valence-electron chi connectivity index (χ2n) is 5.69. The quantitative estimate of drug-likeness (QED) is 0.945. The number of hydrogen-bond acceptors (Lipinski definition) is 2. The first-order valence-corrected chi connectivity index (χ1v) is 7.84. The number of rotatable bonds is 3. The first-order valence-electron chi connectivity index (χ1n) is 7.84. The molecule has 1 saturated heterocycles. The molecular formula is C17H21N3O2. The monoisotopic (exact) mass is 299 g/mol. The number of benzene rings is 1. The van der Waals surface area contributed by atoms with E-state index < -0.39 is 0 Å². The van der Waals surface area contributed by atoms with E-state index in [4.69, 9.17) is 0 Å². The van der Waals surface area contributed by atoms with E-state index in [-0.39, 0.29) is 11.8 Å². The standard InChI is InChI=1S/C17H21N3O2/c1-2-5-16(21)19-8-10-20(11-9-19)17(22)15-12-13-6-3-4-7-14(13)18-15/h3-4,6-7,12,18H,2,5,8-11H2,1H3. The van der Waals surface area contributed by atoms with Crippen molar-refractivity contribution in [2.75, 3.05) is 26.2 Å². The molecule has 2 heterocycles. The van der Waals surface area contributed by atoms with Gasteiger partial charge in [0.1, 0.15) is 5.69 Å². The number of H-pyrrole nitrogens is 1. The highest BCUT2D eigenvalue weighted by Crippen LogP contribution is 2.17. The third-order valence-corrected chi connectivity index (χ3v) is 4.14. The molecule has 5 nitrogen and oxygen atoms in total. The number of nitrogens with one attached hydrogen (secondary N) is 1. The number of amides is 2. The predicted octanol–water partition coefficient (Wildman–Crippen LogP) is 2.25. The summed E-state index contributed by atoms with van der Waals surface area (Å²) in [5, 5.41) is 1.04. The number of carbonyl (C=O) groups excluding carboxylic acids is 2. The number of piperazine rings is 1. The zero-order chi connectivity index (χ0) is 15.5. The Bertz CT molecular complexity index is 651. The minimum atomic E-state index is 0.0128. The Kier molecular flexibility index (Phi) is 4.13. The number of para-hydroxylation sites is 1. The molecule has 0 bridgehead atoms. The fourth-order valence-corrected chi connectivity index (χ4v) is 2.89. The molecule has 0 unspecified atom stereocenters. The van der Waals surface area contributed by atoms with Crippen LogP contribution in [0.3, 0.4) is 0 Å². The molecule has 1 aromatic heterocycles. The van der Waals surface area contributed by atoms with Crippen molar-refractivity contribution in [3.8, 4) is 0 Å². The second-order valence-corrected chi connectivity index (χ2v) is 5.69. The van der Waals surface area contributed by atoms with E-state index >= 15 is 0 Å². The highest BCUT2D eigenvalue weighted by Gasteiger charge is 2.25. The van der Waals surface area contributed by atoms with E-state index in [2.05, 4.69) is 4.98 Å². The molecule has 0 radical (unpaired) electrons. The van der Waals surface area contributed by atoms with Crippen LogP contribution in [0.5, 0.6) is 0 Å². The molecule has 1 N–H and O–H groups in total. The van der Waals surface area contributed by atoms with Gasteiger partial charge in [0.05, 0.1) is 0 Å². The maximum Gasteiger partial charge on any atom is 0.270 e. The van der Waals surface area contributed by atoms with Gasteiger partial charge in [-0.05, 0) is 18.6 Å². The van der Waals surface area contributed by atoms with E-state index in [0.717, 1.165) is 17.3 Å². The van der Waals surface area contributed by atoms with Crippen molar-refractivity contribution >= 4 is 22.7 Å². The van der Waals surface area contributed by atoms with Gasteiger partial charge in [0.15, 0.2) is 0 Å². The summed E-state index contributed by atoms with van der Waals surface area (Å²) in [5.74, 6) is 0.207. The Morgan fingerprint density at radius 1 is 1.09 bits per heavy atom. The zero-order valence-corrected chi connectivity index (χ0v) is 12.8. The Hall–Kier alpha value is -2.30. The second kappa shape index (κ2) is 6.22. The van der Waals surface area contributed by atoms with Crippen LogP contribution in [0.4, 0.5) is 0 Å². The third kappa shape index (κ3) is 2.84. The molecular weight excluding hydrogens is 278 g/mol. The first kappa shape index (κ1) is 14.6. The zero-order valence-electron chi connectivity index (χ0n) is 12.8. The van der Waals surface area contributed by atoms with Crippen LogP contribution in [0, 0.1) is 0 Å². The lowest BCUT2D eigenvalue weighted by Gasteiger charge is -2.34. The van der Waals surface area contributed by atoms with Crippen LogP contribution in [-0.4, -0.2) is 52.8 Å². The molecule has 5 heteroatoms. The summed E-state index contributed by atoms with van der Waals surface area (Å²) in [7, 11) is 0. The summed E-state index contributed by atoms with van der Waals surface area (Å²) >= 11 is 0. The Labute approximate surface area is 129 Å². The molecule has 2 aromatic rings. The van der Waals surface area contributed by atoms with Crippen LogP contribution in [0.2, 0.25) is 0 Å². The highest BCUT2D eigenvalue weighted by atomic mass is 16.2. The average molecular weight is 299 g/mol. The van der Waals surface area contributed by atoms with E-state index in [1.54, 1.807) is 0 Å². The molecule has 0 spiro atoms. The van der Waals surface area contributed by atoms with Gasteiger partial charge < -0.3 is 14.8 Å². The lowest BCUT2D eigenvalue weighted by molar-refractivity contribution is -0.132. The fourth-order valence-electron chi connectivity index (χ4n) is 2.89. The molecule has 3 rings (SSSR count). The van der Waals surface area contributed by atoms with Crippen LogP contribution in [-0.2, 0) is 4.79 Å². The van der Waals surface area contributed by atoms with Crippen LogP contribution in [0.25, 0.3) is 10.9 Å². The fraction of sp³-hybridized carbons (Fsp3) is 0.412. The maximum absolute atomic E-state index is 12.6. The van der Waals surface area contributed by atoms with Crippen molar-refractivity contribution in [1.29, 1.82) is 0 Å². The van der Waals surface area contributed by atoms with E-state index in [0.29, 0.717) is 38.3 Å². The molecule has 0 aliphatic carbocycles. The summed E-state index contributed by atoms with van der Waals surface area (Å²) in [6.07, 6.45) is 1.46. The van der Waals surface area contributed by atoms with Gasteiger partial charge >= 0.3 is 0 Å². The number of aromatic nitrogens is 1. The SMILES string of the molecule is CCCC(=O)N1CCN(C(=O)c2cc3ccccc3[nH]2)CC1. The Balaban J connectivity index is 1.65. The first-order chi connectivity index (χ1) is 10.7. The molecule has 1 fully saturated rings. The molecule has 1 aliphatic rings. The topological polar surface area (TPSA) is 56.4 Å². The summed E-state index contributed by atoms with van der Waals surface area (Å²) in [6.45, 7) is 4.47. The van der Waals surface area contributed by atoms with E-state index in [9.17, 15) is 9.59 Å². The average Bonchev–Trinajstić information content (AvgIpc) is 2.98. The van der Waals surface area contributed by atoms with Gasteiger partial charge in [-0.15, -0.1) is 0 Å².